The van der Waals surface area contributed by atoms with Gasteiger partial charge in [-0.2, -0.15) is 0 Å². The number of allylic oxidation sites excluding steroid dienone is 1. The van der Waals surface area contributed by atoms with Crippen LogP contribution in [0, 0.1) is 5.41 Å². The molecule has 1 aromatic heterocycles. The van der Waals surface area contributed by atoms with Crippen LogP contribution in [0.25, 0.3) is 0 Å². The lowest BCUT2D eigenvalue weighted by Crippen LogP contribution is -2.30. The SMILES string of the molecule is COCCOC1=CCC(N)C(C(=N)c2cc(N3CCC(F)(F)C3)ncn2)=C1. The van der Waals surface area contributed by atoms with Gasteiger partial charge in [0.15, 0.2) is 0 Å². The largest absolute Gasteiger partial charge is 0.492 e. The lowest BCUT2D eigenvalue weighted by atomic mass is 9.93. The average molecular weight is 379 g/mol. The summed E-state index contributed by atoms with van der Waals surface area (Å²) in [5.41, 5.74) is 7.21. The van der Waals surface area contributed by atoms with E-state index in [0.717, 1.165) is 0 Å². The molecule has 2 heterocycles. The molecule has 9 heteroatoms. The summed E-state index contributed by atoms with van der Waals surface area (Å²) < 4.78 is 37.5. The number of alkyl halides is 2. The van der Waals surface area contributed by atoms with Crippen molar-refractivity contribution in [3.63, 3.8) is 0 Å². The molecular weight excluding hydrogens is 356 g/mol. The number of nitrogens with zero attached hydrogens (tertiary/aromatic N) is 3. The summed E-state index contributed by atoms with van der Waals surface area (Å²) in [6, 6.07) is 1.20. The number of nitrogens with one attached hydrogen (secondary N) is 1. The number of rotatable bonds is 7. The van der Waals surface area contributed by atoms with Crippen molar-refractivity contribution in [2.75, 3.05) is 38.3 Å². The fraction of sp³-hybridized carbons (Fsp3) is 0.500. The first kappa shape index (κ1) is 19.4. The monoisotopic (exact) mass is 379 g/mol. The minimum absolute atomic E-state index is 0.137. The molecule has 1 unspecified atom stereocenters. The van der Waals surface area contributed by atoms with Gasteiger partial charge in [0.1, 0.15) is 24.5 Å². The molecular formula is C18H23F2N5O2. The second-order valence-electron chi connectivity index (χ2n) is 6.55. The minimum atomic E-state index is -2.72. The molecule has 1 aliphatic heterocycles. The Morgan fingerprint density at radius 1 is 1.41 bits per heavy atom. The minimum Gasteiger partial charge on any atom is -0.492 e. The van der Waals surface area contributed by atoms with Crippen molar-refractivity contribution in [2.45, 2.75) is 24.8 Å². The molecule has 0 amide bonds. The molecule has 1 saturated heterocycles. The fourth-order valence-electron chi connectivity index (χ4n) is 3.03. The van der Waals surface area contributed by atoms with Crippen LogP contribution in [0.2, 0.25) is 0 Å². The van der Waals surface area contributed by atoms with Crippen molar-refractivity contribution in [1.82, 2.24) is 9.97 Å². The summed E-state index contributed by atoms with van der Waals surface area (Å²) >= 11 is 0. The molecule has 3 N–H and O–H groups in total. The number of aromatic nitrogens is 2. The maximum Gasteiger partial charge on any atom is 0.266 e. The van der Waals surface area contributed by atoms with Gasteiger partial charge < -0.3 is 20.1 Å². The number of halogens is 2. The molecule has 0 bridgehead atoms. The maximum atomic E-state index is 13.5. The highest BCUT2D eigenvalue weighted by atomic mass is 19.3. The Hall–Kier alpha value is -2.39. The van der Waals surface area contributed by atoms with E-state index in [9.17, 15) is 8.78 Å². The van der Waals surface area contributed by atoms with E-state index in [1.165, 1.54) is 11.2 Å². The molecule has 27 heavy (non-hydrogen) atoms. The number of ether oxygens (including phenoxy) is 2. The van der Waals surface area contributed by atoms with Gasteiger partial charge in [-0.05, 0) is 24.1 Å². The molecule has 2 aliphatic rings. The average Bonchev–Trinajstić information content (AvgIpc) is 3.03. The topological polar surface area (TPSA) is 97.4 Å². The molecule has 0 spiro atoms. The number of hydrogen-bond donors (Lipinski definition) is 2. The molecule has 1 aromatic rings. The maximum absolute atomic E-state index is 13.5. The van der Waals surface area contributed by atoms with Crippen LogP contribution in [0.1, 0.15) is 18.5 Å². The van der Waals surface area contributed by atoms with Crippen LogP contribution in [0.3, 0.4) is 0 Å². The second-order valence-corrected chi connectivity index (χ2v) is 6.55. The van der Waals surface area contributed by atoms with Gasteiger partial charge in [-0.25, -0.2) is 18.7 Å². The highest BCUT2D eigenvalue weighted by Crippen LogP contribution is 2.30. The summed E-state index contributed by atoms with van der Waals surface area (Å²) in [6.45, 7) is 0.702. The normalized spacial score (nSPS) is 21.6. The number of hydrogen-bond acceptors (Lipinski definition) is 7. The Kier molecular flexibility index (Phi) is 5.81. The Bertz CT molecular complexity index is 766. The molecule has 1 aliphatic carbocycles. The fourth-order valence-corrected chi connectivity index (χ4v) is 3.03. The van der Waals surface area contributed by atoms with Gasteiger partial charge in [0, 0.05) is 32.2 Å². The van der Waals surface area contributed by atoms with E-state index in [0.29, 0.717) is 42.5 Å². The van der Waals surface area contributed by atoms with Crippen LogP contribution in [0.4, 0.5) is 14.6 Å². The highest BCUT2D eigenvalue weighted by Gasteiger charge is 2.38. The molecule has 1 fully saturated rings. The molecule has 3 rings (SSSR count). The molecule has 0 aromatic carbocycles. The first-order valence-corrected chi connectivity index (χ1v) is 8.73. The lowest BCUT2D eigenvalue weighted by Gasteiger charge is -2.22. The van der Waals surface area contributed by atoms with Crippen molar-refractivity contribution >= 4 is 11.5 Å². The van der Waals surface area contributed by atoms with E-state index in [-0.39, 0.29) is 31.3 Å². The van der Waals surface area contributed by atoms with Crippen LogP contribution in [0.15, 0.2) is 35.9 Å². The number of nitrogens with two attached hydrogens (primary N) is 1. The van der Waals surface area contributed by atoms with Crippen molar-refractivity contribution in [1.29, 1.82) is 5.41 Å². The third-order valence-corrected chi connectivity index (χ3v) is 4.52. The van der Waals surface area contributed by atoms with Crippen LogP contribution < -0.4 is 10.6 Å². The van der Waals surface area contributed by atoms with Crippen LogP contribution in [-0.4, -0.2) is 61.1 Å². The number of anilines is 1. The lowest BCUT2D eigenvalue weighted by molar-refractivity contribution is 0.0256. The third-order valence-electron chi connectivity index (χ3n) is 4.52. The van der Waals surface area contributed by atoms with Gasteiger partial charge in [-0.3, -0.25) is 5.41 Å². The zero-order valence-electron chi connectivity index (χ0n) is 15.1. The van der Waals surface area contributed by atoms with Crippen LogP contribution >= 0.6 is 0 Å². The summed E-state index contributed by atoms with van der Waals surface area (Å²) in [7, 11) is 1.59. The van der Waals surface area contributed by atoms with Crippen molar-refractivity contribution in [3.8, 4) is 0 Å². The first-order chi connectivity index (χ1) is 12.9. The van der Waals surface area contributed by atoms with Crippen molar-refractivity contribution in [2.24, 2.45) is 5.73 Å². The van der Waals surface area contributed by atoms with Crippen LogP contribution in [0.5, 0.6) is 0 Å². The zero-order chi connectivity index (χ0) is 19.4. The van der Waals surface area contributed by atoms with Gasteiger partial charge >= 0.3 is 0 Å². The van der Waals surface area contributed by atoms with Crippen LogP contribution in [-0.2, 0) is 9.47 Å². The quantitative estimate of drug-likeness (QED) is 0.555. The van der Waals surface area contributed by atoms with E-state index in [1.807, 2.05) is 6.08 Å². The summed E-state index contributed by atoms with van der Waals surface area (Å²) in [4.78, 5) is 9.72. The smallest absolute Gasteiger partial charge is 0.266 e. The van der Waals surface area contributed by atoms with Gasteiger partial charge in [0.05, 0.1) is 24.6 Å². The zero-order valence-corrected chi connectivity index (χ0v) is 15.1. The van der Waals surface area contributed by atoms with E-state index < -0.39 is 5.92 Å². The third kappa shape index (κ3) is 4.67. The predicted molar refractivity (Wildman–Crippen MR) is 97.2 cm³/mol. The van der Waals surface area contributed by atoms with Gasteiger partial charge in [-0.15, -0.1) is 0 Å². The Morgan fingerprint density at radius 2 is 2.22 bits per heavy atom. The van der Waals surface area contributed by atoms with Gasteiger partial charge in [0.25, 0.3) is 5.92 Å². The van der Waals surface area contributed by atoms with Crippen molar-refractivity contribution < 1.29 is 18.3 Å². The van der Waals surface area contributed by atoms with E-state index in [1.54, 1.807) is 19.3 Å². The van der Waals surface area contributed by atoms with Gasteiger partial charge in [-0.1, -0.05) is 0 Å². The second kappa shape index (κ2) is 8.10. The summed E-state index contributed by atoms with van der Waals surface area (Å²) in [5.74, 6) is -1.70. The Morgan fingerprint density at radius 3 is 2.93 bits per heavy atom. The molecule has 1 atom stereocenters. The molecule has 0 radical (unpaired) electrons. The Balaban J connectivity index is 1.76. The van der Waals surface area contributed by atoms with E-state index in [2.05, 4.69) is 9.97 Å². The molecule has 146 valence electrons. The van der Waals surface area contributed by atoms with Gasteiger partial charge in [0.2, 0.25) is 0 Å². The van der Waals surface area contributed by atoms with E-state index >= 15 is 0 Å². The molecule has 0 saturated carbocycles. The standard InChI is InChI=1S/C18H23F2N5O2/c1-26-6-7-27-12-2-3-14(21)13(8-12)17(22)15-9-16(24-11-23-15)25-5-4-18(19,20)10-25/h2,8-9,11,14,22H,3-7,10,21H2,1H3. The summed E-state index contributed by atoms with van der Waals surface area (Å²) in [5, 5.41) is 8.49. The number of methoxy groups -OCH3 is 1. The van der Waals surface area contributed by atoms with E-state index in [4.69, 9.17) is 20.6 Å². The first-order valence-electron chi connectivity index (χ1n) is 8.73. The van der Waals surface area contributed by atoms with Crippen molar-refractivity contribution in [3.05, 3.63) is 41.6 Å². The Labute approximate surface area is 156 Å². The highest BCUT2D eigenvalue weighted by molar-refractivity contribution is 6.10. The predicted octanol–water partition coefficient (Wildman–Crippen LogP) is 1.89. The molecule has 7 nitrogen and oxygen atoms in total. The summed E-state index contributed by atoms with van der Waals surface area (Å²) in [6.07, 6.45) is 5.21.